The number of benzene rings is 6. The second-order valence-corrected chi connectivity index (χ2v) is 10.9. The summed E-state index contributed by atoms with van der Waals surface area (Å²) in [5.41, 5.74) is 10.1. The Labute approximate surface area is 236 Å². The molecule has 0 spiro atoms. The maximum absolute atomic E-state index is 4.61. The predicted octanol–water partition coefficient (Wildman–Crippen LogP) is 11.1. The van der Waals surface area contributed by atoms with Gasteiger partial charge in [0.2, 0.25) is 0 Å². The number of hydrogen-bond donors (Lipinski definition) is 0. The van der Waals surface area contributed by atoms with Crippen molar-refractivity contribution in [1.82, 2.24) is 0 Å². The summed E-state index contributed by atoms with van der Waals surface area (Å²) in [6.07, 6.45) is 6.57. The van der Waals surface area contributed by atoms with Gasteiger partial charge in [0, 0.05) is 0 Å². The van der Waals surface area contributed by atoms with Crippen LogP contribution in [0.15, 0.2) is 127 Å². The predicted molar refractivity (Wildman–Crippen MR) is 174 cm³/mol. The van der Waals surface area contributed by atoms with Gasteiger partial charge in [0.15, 0.2) is 0 Å². The van der Waals surface area contributed by atoms with E-state index in [9.17, 15) is 0 Å². The molecule has 7 rings (SSSR count). The van der Waals surface area contributed by atoms with Crippen LogP contribution in [0.2, 0.25) is 0 Å². The second kappa shape index (κ2) is 10.2. The highest BCUT2D eigenvalue weighted by Crippen LogP contribution is 2.44. The normalized spacial score (nSPS) is 13.3. The Bertz CT molecular complexity index is 1900. The van der Waals surface area contributed by atoms with Crippen LogP contribution in [-0.4, -0.2) is 6.54 Å². The molecular weight excluding hydrogens is 482 g/mol. The molecule has 0 N–H and O–H groups in total. The maximum Gasteiger partial charge on any atom is -0.00262 e. The van der Waals surface area contributed by atoms with E-state index in [0.29, 0.717) is 0 Å². The minimum Gasteiger partial charge on any atom is -0.684 e. The molecule has 6 aromatic carbocycles. The van der Waals surface area contributed by atoms with Crippen molar-refractivity contribution in [3.8, 4) is 22.3 Å². The zero-order valence-corrected chi connectivity index (χ0v) is 23.1. The van der Waals surface area contributed by atoms with Gasteiger partial charge in [-0.25, -0.2) is 0 Å². The van der Waals surface area contributed by atoms with Gasteiger partial charge in [0.1, 0.15) is 0 Å². The molecule has 40 heavy (non-hydrogen) atoms. The lowest BCUT2D eigenvalue weighted by Gasteiger charge is -2.27. The molecule has 0 fully saturated rings. The second-order valence-electron chi connectivity index (χ2n) is 10.9. The summed E-state index contributed by atoms with van der Waals surface area (Å²) in [4.78, 5) is 0. The lowest BCUT2D eigenvalue weighted by atomic mass is 9.85. The van der Waals surface area contributed by atoms with Gasteiger partial charge >= 0.3 is 0 Å². The number of allylic oxidation sites excluding steroid dienone is 3. The van der Waals surface area contributed by atoms with E-state index in [0.717, 1.165) is 25.1 Å². The number of aryl methyl sites for hydroxylation is 1. The van der Waals surface area contributed by atoms with Crippen LogP contribution in [-0.2, 0) is 6.42 Å². The van der Waals surface area contributed by atoms with E-state index < -0.39 is 0 Å². The first-order valence-electron chi connectivity index (χ1n) is 14.3. The Morgan fingerprint density at radius 1 is 0.575 bits per heavy atom. The van der Waals surface area contributed by atoms with Crippen molar-refractivity contribution in [2.24, 2.45) is 0 Å². The first-order valence-corrected chi connectivity index (χ1v) is 14.3. The molecule has 1 aliphatic heterocycles. The zero-order valence-electron chi connectivity index (χ0n) is 23.1. The molecule has 0 saturated heterocycles. The quantitative estimate of drug-likeness (QED) is 0.203. The first kappa shape index (κ1) is 24.4. The molecule has 1 heteroatoms. The molecule has 0 unspecified atom stereocenters. The summed E-state index contributed by atoms with van der Waals surface area (Å²) in [5.74, 6) is 0. The summed E-state index contributed by atoms with van der Waals surface area (Å²) in [5, 5.41) is 12.4. The Morgan fingerprint density at radius 2 is 1.15 bits per heavy atom. The highest BCUT2D eigenvalue weighted by Gasteiger charge is 2.17. The average Bonchev–Trinajstić information content (AvgIpc) is 3.00. The molecule has 1 heterocycles. The molecule has 0 bridgehead atoms. The standard InChI is InChI=1S/C39H32N/c1-3-8-27-14-16-29-19-22-31(24-33(29)23-27)39-36-11-6-4-9-34(36)38(35-10-5-7-12-37(35)39)30-20-17-28(18-21-30)32-15-13-26(2)40-25-32/h4-7,9-24H,3,8,25H2,1-2H3/q-1. The van der Waals surface area contributed by atoms with Crippen LogP contribution in [0, 0.1) is 0 Å². The van der Waals surface area contributed by atoms with Crippen LogP contribution >= 0.6 is 0 Å². The Hall–Kier alpha value is -4.62. The molecule has 1 aliphatic rings. The molecule has 0 saturated carbocycles. The van der Waals surface area contributed by atoms with Crippen LogP contribution < -0.4 is 0 Å². The molecule has 0 aliphatic carbocycles. The molecule has 194 valence electrons. The molecular formula is C39H32N-. The summed E-state index contributed by atoms with van der Waals surface area (Å²) in [7, 11) is 0. The molecule has 6 aromatic rings. The summed E-state index contributed by atoms with van der Waals surface area (Å²) >= 11 is 0. The Balaban J connectivity index is 1.43. The van der Waals surface area contributed by atoms with E-state index in [1.165, 1.54) is 71.3 Å². The minimum absolute atomic E-state index is 0.744. The van der Waals surface area contributed by atoms with Gasteiger partial charge in [-0.1, -0.05) is 141 Å². The van der Waals surface area contributed by atoms with Crippen molar-refractivity contribution in [3.63, 3.8) is 0 Å². The Morgan fingerprint density at radius 3 is 1.75 bits per heavy atom. The van der Waals surface area contributed by atoms with Crippen LogP contribution in [0.5, 0.6) is 0 Å². The van der Waals surface area contributed by atoms with Crippen LogP contribution in [0.4, 0.5) is 0 Å². The van der Waals surface area contributed by atoms with Crippen molar-refractivity contribution in [1.29, 1.82) is 0 Å². The third kappa shape index (κ3) is 4.28. The number of nitrogens with zero attached hydrogens (tertiary/aromatic N) is 1. The molecule has 1 nitrogen and oxygen atoms in total. The topological polar surface area (TPSA) is 14.1 Å². The van der Waals surface area contributed by atoms with E-state index in [4.69, 9.17) is 0 Å². The molecule has 0 aromatic heterocycles. The fraction of sp³-hybridized carbons (Fsp3) is 0.128. The molecule has 0 atom stereocenters. The van der Waals surface area contributed by atoms with E-state index in [1.54, 1.807) is 0 Å². The summed E-state index contributed by atoms with van der Waals surface area (Å²) in [6, 6.07) is 40.7. The highest BCUT2D eigenvalue weighted by atomic mass is 14.9. The van der Waals surface area contributed by atoms with E-state index in [2.05, 4.69) is 141 Å². The van der Waals surface area contributed by atoms with E-state index >= 15 is 0 Å². The lowest BCUT2D eigenvalue weighted by molar-refractivity contribution is 0.924. The number of hydrogen-bond acceptors (Lipinski definition) is 0. The van der Waals surface area contributed by atoms with Crippen LogP contribution in [0.1, 0.15) is 31.4 Å². The van der Waals surface area contributed by atoms with Crippen molar-refractivity contribution >= 4 is 37.9 Å². The van der Waals surface area contributed by atoms with Crippen molar-refractivity contribution in [3.05, 3.63) is 143 Å². The maximum atomic E-state index is 4.61. The minimum atomic E-state index is 0.744. The van der Waals surface area contributed by atoms with Gasteiger partial charge in [0.25, 0.3) is 0 Å². The zero-order chi connectivity index (χ0) is 27.1. The third-order valence-corrected chi connectivity index (χ3v) is 8.23. The number of rotatable bonds is 5. The average molecular weight is 515 g/mol. The van der Waals surface area contributed by atoms with Gasteiger partial charge in [0.05, 0.1) is 0 Å². The van der Waals surface area contributed by atoms with Gasteiger partial charge in [-0.3, -0.25) is 0 Å². The first-order chi connectivity index (χ1) is 19.7. The number of fused-ring (bicyclic) bond motifs is 3. The highest BCUT2D eigenvalue weighted by molar-refractivity contribution is 6.21. The van der Waals surface area contributed by atoms with E-state index in [1.807, 2.05) is 0 Å². The van der Waals surface area contributed by atoms with Gasteiger partial charge in [-0.15, -0.1) is 6.54 Å². The Kier molecular flexibility index (Phi) is 6.21. The SMILES string of the molecule is CCCc1ccc2ccc(-c3c4ccccc4c(-c4ccc(C5=CC=C(C)[N-]C5)cc4)c4ccccc34)cc2c1. The summed E-state index contributed by atoms with van der Waals surface area (Å²) < 4.78 is 0. The fourth-order valence-electron chi connectivity index (χ4n) is 6.22. The van der Waals surface area contributed by atoms with Gasteiger partial charge in [-0.05, 0) is 78.2 Å². The van der Waals surface area contributed by atoms with Gasteiger partial charge in [-0.2, -0.15) is 5.70 Å². The van der Waals surface area contributed by atoms with Crippen molar-refractivity contribution in [2.75, 3.05) is 6.54 Å². The lowest BCUT2D eigenvalue weighted by Crippen LogP contribution is -1.96. The molecule has 0 amide bonds. The van der Waals surface area contributed by atoms with Crippen molar-refractivity contribution in [2.45, 2.75) is 26.7 Å². The van der Waals surface area contributed by atoms with Crippen LogP contribution in [0.3, 0.4) is 0 Å². The third-order valence-electron chi connectivity index (χ3n) is 8.23. The fourth-order valence-corrected chi connectivity index (χ4v) is 6.22. The van der Waals surface area contributed by atoms with E-state index in [-0.39, 0.29) is 0 Å². The largest absolute Gasteiger partial charge is 0.684 e. The summed E-state index contributed by atoms with van der Waals surface area (Å²) in [6.45, 7) is 5.04. The smallest absolute Gasteiger partial charge is 0.00262 e. The monoisotopic (exact) mass is 514 g/mol. The molecule has 0 radical (unpaired) electrons. The van der Waals surface area contributed by atoms with Crippen molar-refractivity contribution < 1.29 is 0 Å². The van der Waals surface area contributed by atoms with Crippen LogP contribution in [0.25, 0.3) is 65.5 Å². The van der Waals surface area contributed by atoms with Gasteiger partial charge < -0.3 is 5.32 Å².